The molecule has 1 aliphatic rings. The predicted octanol–water partition coefficient (Wildman–Crippen LogP) is 5.09. The Labute approximate surface area is 186 Å². The molecule has 1 aliphatic heterocycles. The van der Waals surface area contributed by atoms with Crippen LogP contribution in [-0.2, 0) is 21.1 Å². The minimum absolute atomic E-state index is 0.342. The summed E-state index contributed by atoms with van der Waals surface area (Å²) in [6.07, 6.45) is 0.509. The van der Waals surface area contributed by atoms with Gasteiger partial charge in [0.2, 0.25) is 0 Å². The fourth-order valence-corrected chi connectivity index (χ4v) is 6.33. The molecule has 1 saturated heterocycles. The number of halogens is 1. The summed E-state index contributed by atoms with van der Waals surface area (Å²) in [5, 5.41) is 4.56. The van der Waals surface area contributed by atoms with Crippen molar-refractivity contribution in [3.8, 4) is 0 Å². The number of rotatable bonds is 5. The molecule has 2 heterocycles. The van der Waals surface area contributed by atoms with Gasteiger partial charge in [-0.05, 0) is 71.9 Å². The average Bonchev–Trinajstić information content (AvgIpc) is 3.09. The fourth-order valence-electron chi connectivity index (χ4n) is 4.01. The zero-order valence-electron chi connectivity index (χ0n) is 17.1. The summed E-state index contributed by atoms with van der Waals surface area (Å²) in [5.74, 6) is 0. The summed E-state index contributed by atoms with van der Waals surface area (Å²) >= 11 is 3.47. The average molecular weight is 489 g/mol. The molecular formula is C23H25BrN2O3S. The van der Waals surface area contributed by atoms with Crippen LogP contribution in [-0.4, -0.2) is 29.6 Å². The monoisotopic (exact) mass is 488 g/mol. The molecule has 0 N–H and O–H groups in total. The molecule has 1 aromatic heterocycles. The second-order valence-corrected chi connectivity index (χ2v) is 11.4. The molecule has 2 unspecified atom stereocenters. The van der Waals surface area contributed by atoms with E-state index in [9.17, 15) is 8.42 Å². The van der Waals surface area contributed by atoms with Crippen LogP contribution in [0.4, 0.5) is 0 Å². The van der Waals surface area contributed by atoms with Crippen LogP contribution >= 0.6 is 15.9 Å². The lowest BCUT2D eigenvalue weighted by atomic mass is 9.95. The third kappa shape index (κ3) is 4.11. The van der Waals surface area contributed by atoms with Gasteiger partial charge in [-0.3, -0.25) is 4.68 Å². The van der Waals surface area contributed by atoms with Crippen LogP contribution in [0.15, 0.2) is 70.2 Å². The number of aryl methyl sites for hydroxylation is 1. The van der Waals surface area contributed by atoms with E-state index in [1.54, 1.807) is 18.2 Å². The van der Waals surface area contributed by atoms with E-state index in [0.717, 1.165) is 16.8 Å². The number of sulfone groups is 1. The molecule has 7 heteroatoms. The Morgan fingerprint density at radius 2 is 1.93 bits per heavy atom. The summed E-state index contributed by atoms with van der Waals surface area (Å²) in [6, 6.07) is 19.2. The first-order valence-electron chi connectivity index (χ1n) is 9.99. The van der Waals surface area contributed by atoms with Gasteiger partial charge in [0.1, 0.15) is 10.7 Å². The molecule has 0 bridgehead atoms. The van der Waals surface area contributed by atoms with E-state index < -0.39 is 14.6 Å². The lowest BCUT2D eigenvalue weighted by molar-refractivity contribution is -0.00458. The van der Waals surface area contributed by atoms with Crippen LogP contribution in [0.3, 0.4) is 0 Å². The van der Waals surface area contributed by atoms with Crippen LogP contribution in [0, 0.1) is 6.92 Å². The SMILES string of the molecule is Cc1cccc(S(=O)(=O)C2(C)CCOC(c3cc(Br)nn3Cc3ccccc3)C2)c1. The van der Waals surface area contributed by atoms with E-state index in [1.807, 2.05) is 61.0 Å². The van der Waals surface area contributed by atoms with Crippen molar-refractivity contribution in [2.75, 3.05) is 6.61 Å². The number of hydrogen-bond acceptors (Lipinski definition) is 4. The van der Waals surface area contributed by atoms with Gasteiger partial charge < -0.3 is 4.74 Å². The van der Waals surface area contributed by atoms with Crippen LogP contribution in [0.1, 0.15) is 42.7 Å². The number of nitrogens with zero attached hydrogens (tertiary/aromatic N) is 2. The van der Waals surface area contributed by atoms with Crippen molar-refractivity contribution < 1.29 is 13.2 Å². The molecular weight excluding hydrogens is 464 g/mol. The van der Waals surface area contributed by atoms with E-state index in [-0.39, 0.29) is 6.10 Å². The van der Waals surface area contributed by atoms with Crippen molar-refractivity contribution in [2.24, 2.45) is 0 Å². The second kappa shape index (κ2) is 8.29. The highest BCUT2D eigenvalue weighted by molar-refractivity contribution is 9.10. The van der Waals surface area contributed by atoms with Crippen LogP contribution in [0.2, 0.25) is 0 Å². The van der Waals surface area contributed by atoms with Crippen molar-refractivity contribution in [3.63, 3.8) is 0 Å². The highest BCUT2D eigenvalue weighted by atomic mass is 79.9. The molecule has 3 aromatic rings. The molecule has 0 radical (unpaired) electrons. The maximum Gasteiger partial charge on any atom is 0.184 e. The molecule has 0 spiro atoms. The largest absolute Gasteiger partial charge is 0.372 e. The molecule has 5 nitrogen and oxygen atoms in total. The van der Waals surface area contributed by atoms with E-state index >= 15 is 0 Å². The minimum atomic E-state index is -3.51. The quantitative estimate of drug-likeness (QED) is 0.501. The van der Waals surface area contributed by atoms with E-state index in [0.29, 0.717) is 35.5 Å². The smallest absolute Gasteiger partial charge is 0.184 e. The minimum Gasteiger partial charge on any atom is -0.372 e. The van der Waals surface area contributed by atoms with Crippen LogP contribution < -0.4 is 0 Å². The maximum atomic E-state index is 13.5. The van der Waals surface area contributed by atoms with Gasteiger partial charge in [0, 0.05) is 6.61 Å². The summed E-state index contributed by atoms with van der Waals surface area (Å²) in [4.78, 5) is 0.379. The predicted molar refractivity (Wildman–Crippen MR) is 120 cm³/mol. The van der Waals surface area contributed by atoms with Crippen molar-refractivity contribution in [1.82, 2.24) is 9.78 Å². The lowest BCUT2D eigenvalue weighted by Crippen LogP contribution is -2.42. The van der Waals surface area contributed by atoms with E-state index in [1.165, 1.54) is 0 Å². The number of benzene rings is 2. The van der Waals surface area contributed by atoms with Gasteiger partial charge in [-0.25, -0.2) is 8.42 Å². The summed E-state index contributed by atoms with van der Waals surface area (Å²) in [5.41, 5.74) is 2.95. The zero-order valence-corrected chi connectivity index (χ0v) is 19.5. The Balaban J connectivity index is 1.65. The van der Waals surface area contributed by atoms with Crippen molar-refractivity contribution in [1.29, 1.82) is 0 Å². The molecule has 2 aromatic carbocycles. The number of aromatic nitrogens is 2. The van der Waals surface area contributed by atoms with Crippen LogP contribution in [0.5, 0.6) is 0 Å². The van der Waals surface area contributed by atoms with Gasteiger partial charge in [-0.1, -0.05) is 42.5 Å². The van der Waals surface area contributed by atoms with Gasteiger partial charge in [0.05, 0.1) is 21.9 Å². The Morgan fingerprint density at radius 1 is 1.17 bits per heavy atom. The number of ether oxygens (including phenoxy) is 1. The molecule has 0 saturated carbocycles. The second-order valence-electron chi connectivity index (χ2n) is 8.12. The molecule has 2 atom stereocenters. The molecule has 158 valence electrons. The first-order valence-corrected chi connectivity index (χ1v) is 12.3. The lowest BCUT2D eigenvalue weighted by Gasteiger charge is -2.37. The van der Waals surface area contributed by atoms with Gasteiger partial charge in [-0.2, -0.15) is 5.10 Å². The van der Waals surface area contributed by atoms with Gasteiger partial charge in [0.15, 0.2) is 9.84 Å². The molecule has 1 fully saturated rings. The summed E-state index contributed by atoms with van der Waals surface area (Å²) in [7, 11) is -3.51. The molecule has 0 amide bonds. The first kappa shape index (κ1) is 21.3. The third-order valence-corrected chi connectivity index (χ3v) is 8.73. The highest BCUT2D eigenvalue weighted by Gasteiger charge is 2.45. The Morgan fingerprint density at radius 3 is 2.67 bits per heavy atom. The zero-order chi connectivity index (χ0) is 21.4. The Bertz CT molecular complexity index is 1140. The van der Waals surface area contributed by atoms with Gasteiger partial charge in [0.25, 0.3) is 0 Å². The number of hydrogen-bond donors (Lipinski definition) is 0. The summed E-state index contributed by atoms with van der Waals surface area (Å²) in [6.45, 7) is 4.74. The molecule has 30 heavy (non-hydrogen) atoms. The highest BCUT2D eigenvalue weighted by Crippen LogP contribution is 2.42. The first-order chi connectivity index (χ1) is 14.3. The van der Waals surface area contributed by atoms with Crippen molar-refractivity contribution in [3.05, 3.63) is 82.1 Å². The molecule has 0 aliphatic carbocycles. The maximum absolute atomic E-state index is 13.5. The fraction of sp³-hybridized carbons (Fsp3) is 0.348. The third-order valence-electron chi connectivity index (χ3n) is 5.80. The summed E-state index contributed by atoms with van der Waals surface area (Å²) < 4.78 is 34.8. The Kier molecular flexibility index (Phi) is 5.88. The normalized spacial score (nSPS) is 22.2. The van der Waals surface area contributed by atoms with Crippen molar-refractivity contribution >= 4 is 25.8 Å². The van der Waals surface area contributed by atoms with Crippen molar-refractivity contribution in [2.45, 2.75) is 49.0 Å². The topological polar surface area (TPSA) is 61.2 Å². The molecule has 4 rings (SSSR count). The van der Waals surface area contributed by atoms with E-state index in [4.69, 9.17) is 4.74 Å². The Hall–Kier alpha value is -1.96. The van der Waals surface area contributed by atoms with E-state index in [2.05, 4.69) is 21.0 Å². The standard InChI is InChI=1S/C23H25BrN2O3S/c1-17-7-6-10-19(13-17)30(27,28)23(2)11-12-29-21(15-23)20-14-22(24)25-26(20)16-18-8-4-3-5-9-18/h3-10,13-14,21H,11-12,15-16H2,1-2H3. The van der Waals surface area contributed by atoms with Gasteiger partial charge >= 0.3 is 0 Å². The van der Waals surface area contributed by atoms with Crippen LogP contribution in [0.25, 0.3) is 0 Å². The van der Waals surface area contributed by atoms with Gasteiger partial charge in [-0.15, -0.1) is 0 Å².